The Balaban J connectivity index is 1.94. The summed E-state index contributed by atoms with van der Waals surface area (Å²) in [6, 6.07) is 7.93. The number of aromatic nitrogens is 2. The molecule has 134 valence electrons. The molecule has 0 saturated carbocycles. The van der Waals surface area contributed by atoms with Crippen molar-refractivity contribution in [3.05, 3.63) is 80.0 Å². The molecule has 0 fully saturated rings. The molecule has 0 bridgehead atoms. The van der Waals surface area contributed by atoms with Crippen LogP contribution in [0, 0.1) is 0 Å². The Bertz CT molecular complexity index is 1050. The molecule has 1 aromatic carbocycles. The summed E-state index contributed by atoms with van der Waals surface area (Å²) < 4.78 is 11.2. The number of amides is 1. The summed E-state index contributed by atoms with van der Waals surface area (Å²) in [5, 5.41) is 2.94. The van der Waals surface area contributed by atoms with Crippen molar-refractivity contribution in [2.24, 2.45) is 0 Å². The minimum atomic E-state index is -0.747. The number of carbonyl (C=O) groups is 1. The largest absolute Gasteiger partial charge is 0.495 e. The maximum Gasteiger partial charge on any atom is 0.328 e. The summed E-state index contributed by atoms with van der Waals surface area (Å²) in [5.41, 5.74) is -1.33. The lowest BCUT2D eigenvalue weighted by Gasteiger charge is -2.11. The normalized spacial score (nSPS) is 10.5. The standard InChI is InChI=1S/C17H14ClN3O5/c1-25-14-5-4-10(18)7-13(14)20-15(22)12-8-19-17(24)21(16(12)23)9-11-3-2-6-26-11/h2-8H,9H2,1H3,(H,19,24)(H,20,22). The molecule has 0 unspecified atom stereocenters. The Hall–Kier alpha value is -3.26. The van der Waals surface area contributed by atoms with Gasteiger partial charge >= 0.3 is 5.69 Å². The van der Waals surface area contributed by atoms with E-state index >= 15 is 0 Å². The van der Waals surface area contributed by atoms with E-state index < -0.39 is 17.2 Å². The predicted molar refractivity (Wildman–Crippen MR) is 95.1 cm³/mol. The molecule has 2 aromatic heterocycles. The van der Waals surface area contributed by atoms with Crippen LogP contribution in [0.3, 0.4) is 0 Å². The highest BCUT2D eigenvalue weighted by Gasteiger charge is 2.17. The van der Waals surface area contributed by atoms with Crippen LogP contribution in [-0.2, 0) is 6.54 Å². The van der Waals surface area contributed by atoms with Crippen molar-refractivity contribution < 1.29 is 13.9 Å². The van der Waals surface area contributed by atoms with Crippen molar-refractivity contribution in [2.45, 2.75) is 6.54 Å². The molecular weight excluding hydrogens is 362 g/mol. The number of rotatable bonds is 5. The van der Waals surface area contributed by atoms with Crippen molar-refractivity contribution in [1.29, 1.82) is 0 Å². The first-order valence-electron chi connectivity index (χ1n) is 7.49. The van der Waals surface area contributed by atoms with Gasteiger partial charge in [0.05, 0.1) is 25.6 Å². The highest BCUT2D eigenvalue weighted by molar-refractivity contribution is 6.31. The maximum atomic E-state index is 12.6. The van der Waals surface area contributed by atoms with Gasteiger partial charge in [0, 0.05) is 11.2 Å². The van der Waals surface area contributed by atoms with E-state index in [1.165, 1.54) is 19.4 Å². The molecule has 0 saturated heterocycles. The van der Waals surface area contributed by atoms with Crippen LogP contribution < -0.4 is 21.3 Å². The van der Waals surface area contributed by atoms with Crippen LogP contribution in [0.25, 0.3) is 0 Å². The molecule has 0 aliphatic rings. The molecule has 0 aliphatic heterocycles. The fraction of sp³-hybridized carbons (Fsp3) is 0.118. The second-order valence-corrected chi connectivity index (χ2v) is 5.71. The van der Waals surface area contributed by atoms with Crippen molar-refractivity contribution in [3.63, 3.8) is 0 Å². The number of nitrogens with zero attached hydrogens (tertiary/aromatic N) is 1. The van der Waals surface area contributed by atoms with E-state index in [1.54, 1.807) is 24.3 Å². The van der Waals surface area contributed by atoms with Gasteiger partial charge < -0.3 is 19.5 Å². The number of hydrogen-bond donors (Lipinski definition) is 2. The quantitative estimate of drug-likeness (QED) is 0.710. The van der Waals surface area contributed by atoms with Gasteiger partial charge in [0.25, 0.3) is 11.5 Å². The number of hydrogen-bond acceptors (Lipinski definition) is 5. The lowest BCUT2D eigenvalue weighted by atomic mass is 10.2. The zero-order valence-corrected chi connectivity index (χ0v) is 14.4. The minimum absolute atomic E-state index is 0.0945. The lowest BCUT2D eigenvalue weighted by molar-refractivity contribution is 0.102. The van der Waals surface area contributed by atoms with Crippen molar-refractivity contribution in [3.8, 4) is 5.75 Å². The Morgan fingerprint density at radius 3 is 2.85 bits per heavy atom. The van der Waals surface area contributed by atoms with Gasteiger partial charge in [-0.3, -0.25) is 14.2 Å². The van der Waals surface area contributed by atoms with Gasteiger partial charge in [-0.05, 0) is 30.3 Å². The predicted octanol–water partition coefficient (Wildman–Crippen LogP) is 2.09. The number of furan rings is 1. The topological polar surface area (TPSA) is 106 Å². The molecule has 26 heavy (non-hydrogen) atoms. The van der Waals surface area contributed by atoms with Gasteiger partial charge in [-0.1, -0.05) is 11.6 Å². The van der Waals surface area contributed by atoms with Crippen LogP contribution in [0.15, 0.2) is 56.8 Å². The maximum absolute atomic E-state index is 12.6. The summed E-state index contributed by atoms with van der Waals surface area (Å²) in [5.74, 6) is 0.0785. The van der Waals surface area contributed by atoms with E-state index in [-0.39, 0.29) is 12.1 Å². The Labute approximate surface area is 152 Å². The first kappa shape index (κ1) is 17.6. The second kappa shape index (κ2) is 7.32. The van der Waals surface area contributed by atoms with Gasteiger partial charge in [0.2, 0.25) is 0 Å². The molecule has 3 rings (SSSR count). The van der Waals surface area contributed by atoms with Crippen LogP contribution in [0.5, 0.6) is 5.75 Å². The molecule has 0 radical (unpaired) electrons. The highest BCUT2D eigenvalue weighted by atomic mass is 35.5. The molecule has 3 aromatic rings. The number of carbonyl (C=O) groups excluding carboxylic acids is 1. The van der Waals surface area contributed by atoms with Crippen LogP contribution in [0.4, 0.5) is 5.69 Å². The van der Waals surface area contributed by atoms with Crippen LogP contribution in [0.1, 0.15) is 16.1 Å². The van der Waals surface area contributed by atoms with Crippen molar-refractivity contribution in [1.82, 2.24) is 9.55 Å². The number of benzene rings is 1. The fourth-order valence-electron chi connectivity index (χ4n) is 2.34. The van der Waals surface area contributed by atoms with Crippen molar-refractivity contribution >= 4 is 23.2 Å². The molecule has 2 heterocycles. The van der Waals surface area contributed by atoms with E-state index in [1.807, 2.05) is 0 Å². The molecule has 2 N–H and O–H groups in total. The molecule has 0 spiro atoms. The third-order valence-electron chi connectivity index (χ3n) is 3.61. The highest BCUT2D eigenvalue weighted by Crippen LogP contribution is 2.27. The molecule has 8 nitrogen and oxygen atoms in total. The van der Waals surface area contributed by atoms with E-state index in [4.69, 9.17) is 20.8 Å². The van der Waals surface area contributed by atoms with E-state index in [0.717, 1.165) is 10.8 Å². The van der Waals surface area contributed by atoms with E-state index in [2.05, 4.69) is 10.3 Å². The smallest absolute Gasteiger partial charge is 0.328 e. The first-order chi connectivity index (χ1) is 12.5. The Morgan fingerprint density at radius 1 is 1.35 bits per heavy atom. The summed E-state index contributed by atoms with van der Waals surface area (Å²) in [4.78, 5) is 39.4. The lowest BCUT2D eigenvalue weighted by Crippen LogP contribution is -2.39. The van der Waals surface area contributed by atoms with Crippen LogP contribution >= 0.6 is 11.6 Å². The number of anilines is 1. The van der Waals surface area contributed by atoms with Crippen LogP contribution in [0.2, 0.25) is 5.02 Å². The zero-order chi connectivity index (χ0) is 18.7. The SMILES string of the molecule is COc1ccc(Cl)cc1NC(=O)c1c[nH]c(=O)n(Cc2ccco2)c1=O. The Kier molecular flexibility index (Phi) is 4.94. The third-order valence-corrected chi connectivity index (χ3v) is 3.84. The number of ether oxygens (including phenoxy) is 1. The summed E-state index contributed by atoms with van der Waals surface area (Å²) >= 11 is 5.93. The number of aromatic amines is 1. The number of halogens is 1. The summed E-state index contributed by atoms with van der Waals surface area (Å²) in [6.45, 7) is -0.0945. The van der Waals surface area contributed by atoms with Gasteiger partial charge in [0.1, 0.15) is 17.1 Å². The average molecular weight is 376 g/mol. The number of nitrogens with one attached hydrogen (secondary N) is 2. The number of H-pyrrole nitrogens is 1. The molecule has 9 heteroatoms. The summed E-state index contributed by atoms with van der Waals surface area (Å²) in [6.07, 6.45) is 2.49. The van der Waals surface area contributed by atoms with E-state index in [9.17, 15) is 14.4 Å². The first-order valence-corrected chi connectivity index (χ1v) is 7.87. The molecule has 0 aliphatic carbocycles. The van der Waals surface area contributed by atoms with Gasteiger partial charge in [-0.2, -0.15) is 0 Å². The molecule has 0 atom stereocenters. The average Bonchev–Trinajstić information content (AvgIpc) is 3.12. The number of methoxy groups -OCH3 is 1. The van der Waals surface area contributed by atoms with Gasteiger partial charge in [0.15, 0.2) is 0 Å². The summed E-state index contributed by atoms with van der Waals surface area (Å²) in [7, 11) is 1.44. The molecule has 1 amide bonds. The Morgan fingerprint density at radius 2 is 2.15 bits per heavy atom. The van der Waals surface area contributed by atoms with Gasteiger partial charge in [-0.25, -0.2) is 4.79 Å². The molecular formula is C17H14ClN3O5. The monoisotopic (exact) mass is 375 g/mol. The zero-order valence-electron chi connectivity index (χ0n) is 13.6. The van der Waals surface area contributed by atoms with E-state index in [0.29, 0.717) is 22.2 Å². The minimum Gasteiger partial charge on any atom is -0.495 e. The fourth-order valence-corrected chi connectivity index (χ4v) is 2.52. The van der Waals surface area contributed by atoms with Crippen LogP contribution in [-0.4, -0.2) is 22.6 Å². The third kappa shape index (κ3) is 3.55. The second-order valence-electron chi connectivity index (χ2n) is 5.28. The van der Waals surface area contributed by atoms with Crippen molar-refractivity contribution in [2.75, 3.05) is 12.4 Å². The van der Waals surface area contributed by atoms with Gasteiger partial charge in [-0.15, -0.1) is 0 Å².